The monoisotopic (exact) mass is 344 g/mol. The van der Waals surface area contributed by atoms with E-state index in [0.29, 0.717) is 11.3 Å². The van der Waals surface area contributed by atoms with Crippen molar-refractivity contribution in [1.82, 2.24) is 0 Å². The minimum absolute atomic E-state index is 0.542. The average Bonchev–Trinajstić information content (AvgIpc) is 2.65. The first-order valence-electron chi connectivity index (χ1n) is 8.02. The van der Waals surface area contributed by atoms with Gasteiger partial charge in [0, 0.05) is 0 Å². The van der Waals surface area contributed by atoms with Crippen LogP contribution in [0.2, 0.25) is 0 Å². The zero-order chi connectivity index (χ0) is 18.4. The highest BCUT2D eigenvalue weighted by molar-refractivity contribution is 5.75. The van der Waals surface area contributed by atoms with E-state index in [1.165, 1.54) is 7.11 Å². The fourth-order valence-corrected chi connectivity index (χ4v) is 2.56. The molecule has 2 aromatic rings. The smallest absolute Gasteiger partial charge is 0.338 e. The summed E-state index contributed by atoms with van der Waals surface area (Å²) < 4.78 is 15.9. The van der Waals surface area contributed by atoms with Gasteiger partial charge in [-0.2, -0.15) is 0 Å². The Labute approximate surface area is 148 Å². The van der Waals surface area contributed by atoms with E-state index in [1.54, 1.807) is 31.4 Å². The summed E-state index contributed by atoms with van der Waals surface area (Å²) in [4.78, 5) is 12.2. The molecule has 0 saturated carbocycles. The van der Waals surface area contributed by atoms with Crippen LogP contribution in [0.3, 0.4) is 0 Å². The fourth-order valence-electron chi connectivity index (χ4n) is 2.56. The first-order valence-corrected chi connectivity index (χ1v) is 8.02. The van der Waals surface area contributed by atoms with Crippen LogP contribution in [0, 0.1) is 0 Å². The second kappa shape index (κ2) is 8.14. The maximum absolute atomic E-state index is 12.2. The normalized spacial score (nSPS) is 13.8. The number of ether oxygens (including phenoxy) is 3. The van der Waals surface area contributed by atoms with Gasteiger partial charge >= 0.3 is 5.97 Å². The van der Waals surface area contributed by atoms with E-state index < -0.39 is 23.8 Å². The lowest BCUT2D eigenvalue weighted by Crippen LogP contribution is -2.38. The van der Waals surface area contributed by atoms with Crippen molar-refractivity contribution in [3.63, 3.8) is 0 Å². The molecule has 5 heteroatoms. The van der Waals surface area contributed by atoms with Crippen LogP contribution in [-0.2, 0) is 19.9 Å². The highest BCUT2D eigenvalue weighted by atomic mass is 16.6. The Bertz CT molecular complexity index is 679. The van der Waals surface area contributed by atoms with E-state index in [-0.39, 0.29) is 0 Å². The largest absolute Gasteiger partial charge is 0.497 e. The van der Waals surface area contributed by atoms with E-state index in [1.807, 2.05) is 44.2 Å². The molecule has 0 spiro atoms. The topological polar surface area (TPSA) is 65.0 Å². The maximum Gasteiger partial charge on any atom is 0.338 e. The van der Waals surface area contributed by atoms with Crippen LogP contribution in [-0.4, -0.2) is 31.4 Å². The fraction of sp³-hybridized carbons (Fsp3) is 0.350. The summed E-state index contributed by atoms with van der Waals surface area (Å²) >= 11 is 0. The summed E-state index contributed by atoms with van der Waals surface area (Å²) in [6.07, 6.45) is -2.32. The minimum atomic E-state index is -1.17. The van der Waals surface area contributed by atoms with Crippen LogP contribution in [0.15, 0.2) is 54.6 Å². The van der Waals surface area contributed by atoms with Gasteiger partial charge in [-0.1, -0.05) is 42.5 Å². The number of hydrogen-bond donors (Lipinski definition) is 1. The molecule has 0 amide bonds. The summed E-state index contributed by atoms with van der Waals surface area (Å²) in [5.41, 5.74) is 0.652. The van der Waals surface area contributed by atoms with Crippen molar-refractivity contribution in [2.75, 3.05) is 14.2 Å². The number of methoxy groups -OCH3 is 2. The van der Waals surface area contributed by atoms with Gasteiger partial charge in [0.1, 0.15) is 11.9 Å². The molecule has 0 heterocycles. The van der Waals surface area contributed by atoms with Gasteiger partial charge in [0.2, 0.25) is 0 Å². The number of carbonyl (C=O) groups excluding carboxylic acids is 1. The van der Waals surface area contributed by atoms with Gasteiger partial charge in [-0.25, -0.2) is 4.79 Å². The van der Waals surface area contributed by atoms with Crippen LogP contribution in [0.1, 0.15) is 31.1 Å². The zero-order valence-electron chi connectivity index (χ0n) is 14.9. The number of esters is 1. The van der Waals surface area contributed by atoms with Gasteiger partial charge < -0.3 is 19.3 Å². The number of aliphatic hydroxyl groups excluding tert-OH is 1. The molecule has 0 aromatic heterocycles. The molecule has 5 nitrogen and oxygen atoms in total. The summed E-state index contributed by atoms with van der Waals surface area (Å²) in [7, 11) is 2.84. The summed E-state index contributed by atoms with van der Waals surface area (Å²) in [6.45, 7) is 3.69. The predicted octanol–water partition coefficient (Wildman–Crippen LogP) is 3.22. The Balaban J connectivity index is 2.27. The third-order valence-corrected chi connectivity index (χ3v) is 4.07. The maximum atomic E-state index is 12.2. The second-order valence-electron chi connectivity index (χ2n) is 6.16. The molecule has 2 atom stereocenters. The molecule has 0 bridgehead atoms. The lowest BCUT2D eigenvalue weighted by molar-refractivity contribution is -0.179. The number of carbonyl (C=O) groups is 1. The molecule has 0 saturated heterocycles. The van der Waals surface area contributed by atoms with Gasteiger partial charge in [0.05, 0.1) is 19.8 Å². The predicted molar refractivity (Wildman–Crippen MR) is 94.3 cm³/mol. The van der Waals surface area contributed by atoms with E-state index in [0.717, 1.165) is 5.56 Å². The van der Waals surface area contributed by atoms with Crippen molar-refractivity contribution < 1.29 is 24.1 Å². The lowest BCUT2D eigenvalue weighted by atomic mass is 9.96. The molecule has 0 fully saturated rings. The Morgan fingerprint density at radius 2 is 1.60 bits per heavy atom. The van der Waals surface area contributed by atoms with E-state index >= 15 is 0 Å². The number of rotatable bonds is 7. The molecule has 25 heavy (non-hydrogen) atoms. The highest BCUT2D eigenvalue weighted by Crippen LogP contribution is 2.31. The SMILES string of the molecule is COC(=O)[C@H](OC(C)(C)c1ccccc1)[C@@H](O)c1ccc(OC)cc1. The van der Waals surface area contributed by atoms with E-state index in [2.05, 4.69) is 0 Å². The van der Waals surface area contributed by atoms with Gasteiger partial charge in [-0.3, -0.25) is 0 Å². The highest BCUT2D eigenvalue weighted by Gasteiger charge is 2.36. The summed E-state index contributed by atoms with van der Waals surface area (Å²) in [6, 6.07) is 16.3. The lowest BCUT2D eigenvalue weighted by Gasteiger charge is -2.32. The van der Waals surface area contributed by atoms with Crippen LogP contribution >= 0.6 is 0 Å². The van der Waals surface area contributed by atoms with Gasteiger partial charge in [-0.05, 0) is 37.1 Å². The zero-order valence-corrected chi connectivity index (χ0v) is 14.9. The molecule has 0 aliphatic carbocycles. The molecule has 0 aliphatic heterocycles. The second-order valence-corrected chi connectivity index (χ2v) is 6.16. The Morgan fingerprint density at radius 3 is 2.12 bits per heavy atom. The van der Waals surface area contributed by atoms with Crippen molar-refractivity contribution >= 4 is 5.97 Å². The number of hydrogen-bond acceptors (Lipinski definition) is 5. The van der Waals surface area contributed by atoms with Crippen LogP contribution in [0.5, 0.6) is 5.75 Å². The molecular weight excluding hydrogens is 320 g/mol. The Hall–Kier alpha value is -2.37. The van der Waals surface area contributed by atoms with Crippen molar-refractivity contribution in [1.29, 1.82) is 0 Å². The average molecular weight is 344 g/mol. The first kappa shape index (κ1) is 19.0. The van der Waals surface area contributed by atoms with Gasteiger partial charge in [0.15, 0.2) is 6.10 Å². The van der Waals surface area contributed by atoms with Crippen LogP contribution in [0.4, 0.5) is 0 Å². The first-order chi connectivity index (χ1) is 11.9. The number of aliphatic hydroxyl groups is 1. The molecule has 0 aliphatic rings. The van der Waals surface area contributed by atoms with Crippen molar-refractivity contribution in [2.24, 2.45) is 0 Å². The van der Waals surface area contributed by atoms with Crippen LogP contribution in [0.25, 0.3) is 0 Å². The van der Waals surface area contributed by atoms with Gasteiger partial charge in [-0.15, -0.1) is 0 Å². The molecular formula is C20H24O5. The van der Waals surface area contributed by atoms with Crippen molar-refractivity contribution in [2.45, 2.75) is 31.7 Å². The molecule has 2 aromatic carbocycles. The third kappa shape index (κ3) is 4.59. The molecule has 2 rings (SSSR count). The molecule has 0 radical (unpaired) electrons. The summed E-state index contributed by atoms with van der Waals surface area (Å²) in [5.74, 6) is 0.0310. The van der Waals surface area contributed by atoms with Gasteiger partial charge in [0.25, 0.3) is 0 Å². The minimum Gasteiger partial charge on any atom is -0.497 e. The Morgan fingerprint density at radius 1 is 1.00 bits per heavy atom. The quantitative estimate of drug-likeness (QED) is 0.781. The molecule has 134 valence electrons. The Kier molecular flexibility index (Phi) is 6.17. The van der Waals surface area contributed by atoms with Crippen LogP contribution < -0.4 is 4.74 Å². The summed E-state index contributed by atoms with van der Waals surface area (Å²) in [5, 5.41) is 10.7. The molecule has 1 N–H and O–H groups in total. The third-order valence-electron chi connectivity index (χ3n) is 4.07. The number of benzene rings is 2. The molecule has 0 unspecified atom stereocenters. The van der Waals surface area contributed by atoms with Crippen molar-refractivity contribution in [3.8, 4) is 5.75 Å². The van der Waals surface area contributed by atoms with Crippen molar-refractivity contribution in [3.05, 3.63) is 65.7 Å². The van der Waals surface area contributed by atoms with E-state index in [9.17, 15) is 9.90 Å². The standard InChI is InChI=1S/C20H24O5/c1-20(2,15-8-6-5-7-9-15)25-18(19(22)24-4)17(21)14-10-12-16(23-3)13-11-14/h5-13,17-18,21H,1-4H3/t17-,18+/m0/s1. The van der Waals surface area contributed by atoms with E-state index in [4.69, 9.17) is 14.2 Å².